The van der Waals surface area contributed by atoms with Crippen molar-refractivity contribution in [2.45, 2.75) is 46.8 Å². The second-order valence-electron chi connectivity index (χ2n) is 11.7. The maximum absolute atomic E-state index is 12.7. The SMILES string of the molecule is Cc1cc(-c2cc(NC3C=C4CN(C)CCN4N3)ncn2)ccc1CNC(=O)N1CC[C@@H](C(C)(C)C)C1. The monoisotopic (exact) mass is 504 g/mol. The van der Waals surface area contributed by atoms with Crippen LogP contribution in [-0.2, 0) is 6.54 Å². The molecule has 198 valence electrons. The zero-order valence-corrected chi connectivity index (χ0v) is 22.7. The Labute approximate surface area is 220 Å². The van der Waals surface area contributed by atoms with Crippen LogP contribution < -0.4 is 16.1 Å². The van der Waals surface area contributed by atoms with Crippen molar-refractivity contribution in [3.8, 4) is 11.3 Å². The second-order valence-corrected chi connectivity index (χ2v) is 11.7. The first-order chi connectivity index (χ1) is 17.7. The Morgan fingerprint density at radius 2 is 2.00 bits per heavy atom. The van der Waals surface area contributed by atoms with E-state index >= 15 is 0 Å². The number of amides is 2. The van der Waals surface area contributed by atoms with E-state index in [1.54, 1.807) is 6.33 Å². The van der Waals surface area contributed by atoms with E-state index in [-0.39, 0.29) is 17.6 Å². The first kappa shape index (κ1) is 25.5. The van der Waals surface area contributed by atoms with Crippen LogP contribution in [0.5, 0.6) is 0 Å². The lowest BCUT2D eigenvalue weighted by Gasteiger charge is -2.33. The van der Waals surface area contributed by atoms with Gasteiger partial charge in [-0.15, -0.1) is 0 Å². The Hall–Kier alpha value is -3.17. The Kier molecular flexibility index (Phi) is 7.09. The lowest BCUT2D eigenvalue weighted by molar-refractivity contribution is 0.166. The van der Waals surface area contributed by atoms with E-state index in [1.807, 2.05) is 11.0 Å². The number of piperazine rings is 1. The second kappa shape index (κ2) is 10.3. The molecule has 2 amide bonds. The van der Waals surface area contributed by atoms with E-state index in [0.717, 1.165) is 67.3 Å². The van der Waals surface area contributed by atoms with Crippen LogP contribution in [0.2, 0.25) is 0 Å². The van der Waals surface area contributed by atoms with E-state index in [2.05, 4.69) is 95.0 Å². The third-order valence-corrected chi connectivity index (χ3v) is 7.88. The van der Waals surface area contributed by atoms with Gasteiger partial charge in [-0.05, 0) is 55.0 Å². The number of carbonyl (C=O) groups excluding carboxylic acids is 1. The number of fused-ring (bicyclic) bond motifs is 1. The number of likely N-dealkylation sites (N-methyl/N-ethyl adjacent to an activating group) is 1. The molecule has 2 atom stereocenters. The molecule has 1 aromatic heterocycles. The number of hydrogen-bond acceptors (Lipinski definition) is 7. The van der Waals surface area contributed by atoms with Gasteiger partial charge >= 0.3 is 6.03 Å². The maximum Gasteiger partial charge on any atom is 0.317 e. The van der Waals surface area contributed by atoms with Crippen molar-refractivity contribution in [3.05, 3.63) is 53.5 Å². The van der Waals surface area contributed by atoms with Crippen molar-refractivity contribution >= 4 is 11.8 Å². The molecule has 3 aliphatic rings. The minimum Gasteiger partial charge on any atom is -0.350 e. The number of aromatic nitrogens is 2. The molecule has 0 aliphatic carbocycles. The van der Waals surface area contributed by atoms with E-state index in [1.165, 1.54) is 5.70 Å². The topological polar surface area (TPSA) is 88.7 Å². The molecule has 0 bridgehead atoms. The summed E-state index contributed by atoms with van der Waals surface area (Å²) in [6, 6.07) is 8.29. The van der Waals surface area contributed by atoms with Gasteiger partial charge in [0.2, 0.25) is 0 Å². The van der Waals surface area contributed by atoms with Crippen LogP contribution >= 0.6 is 0 Å². The van der Waals surface area contributed by atoms with Crippen LogP contribution in [0.25, 0.3) is 11.3 Å². The van der Waals surface area contributed by atoms with Gasteiger partial charge in [-0.2, -0.15) is 0 Å². The minimum atomic E-state index is 0.00579. The van der Waals surface area contributed by atoms with Gasteiger partial charge in [0.25, 0.3) is 0 Å². The Morgan fingerprint density at radius 1 is 1.16 bits per heavy atom. The third kappa shape index (κ3) is 5.88. The van der Waals surface area contributed by atoms with E-state index in [0.29, 0.717) is 12.5 Å². The minimum absolute atomic E-state index is 0.00579. The molecule has 2 fully saturated rings. The van der Waals surface area contributed by atoms with Crippen molar-refractivity contribution in [2.24, 2.45) is 11.3 Å². The molecule has 9 nitrogen and oxygen atoms in total. The molecule has 0 saturated carbocycles. The summed E-state index contributed by atoms with van der Waals surface area (Å²) < 4.78 is 0. The summed E-state index contributed by atoms with van der Waals surface area (Å²) in [5.74, 6) is 1.33. The Bertz CT molecular complexity index is 1170. The fourth-order valence-electron chi connectivity index (χ4n) is 5.36. The molecule has 37 heavy (non-hydrogen) atoms. The molecule has 2 aromatic rings. The van der Waals surface area contributed by atoms with Crippen molar-refractivity contribution in [3.63, 3.8) is 0 Å². The largest absolute Gasteiger partial charge is 0.350 e. The molecule has 2 saturated heterocycles. The van der Waals surface area contributed by atoms with Crippen molar-refractivity contribution in [1.82, 2.24) is 35.5 Å². The standard InChI is InChI=1S/C28H40N8O/c1-19-12-20(6-7-21(19)15-29-27(37)35-9-8-22(16-35)28(2,3)4)24-14-25(31-18-30-24)32-26-13-23-17-34(5)10-11-36(23)33-26/h6-7,12-14,18,22,26,33H,8-11,15-17H2,1-5H3,(H,29,37)(H,30,31,32)/t22-,26?/m1/s1. The smallest absolute Gasteiger partial charge is 0.317 e. The highest BCUT2D eigenvalue weighted by Gasteiger charge is 2.33. The highest BCUT2D eigenvalue weighted by Crippen LogP contribution is 2.33. The number of aryl methyl sites for hydroxylation is 1. The van der Waals surface area contributed by atoms with Crippen molar-refractivity contribution in [2.75, 3.05) is 45.1 Å². The summed E-state index contributed by atoms with van der Waals surface area (Å²) in [4.78, 5) is 26.0. The molecule has 5 rings (SSSR count). The molecular formula is C28H40N8O. The van der Waals surface area contributed by atoms with Crippen LogP contribution in [0.15, 0.2) is 42.4 Å². The number of likely N-dealkylation sites (tertiary alicyclic amines) is 1. The fraction of sp³-hybridized carbons (Fsp3) is 0.536. The summed E-state index contributed by atoms with van der Waals surface area (Å²) in [7, 11) is 2.15. The summed E-state index contributed by atoms with van der Waals surface area (Å²) in [6.45, 7) is 14.0. The summed E-state index contributed by atoms with van der Waals surface area (Å²) >= 11 is 0. The van der Waals surface area contributed by atoms with Crippen LogP contribution in [0.3, 0.4) is 0 Å². The Morgan fingerprint density at radius 3 is 2.76 bits per heavy atom. The zero-order valence-electron chi connectivity index (χ0n) is 22.7. The predicted octanol–water partition coefficient (Wildman–Crippen LogP) is 3.42. The quantitative estimate of drug-likeness (QED) is 0.575. The van der Waals surface area contributed by atoms with Crippen LogP contribution in [-0.4, -0.2) is 76.7 Å². The first-order valence-corrected chi connectivity index (χ1v) is 13.3. The number of benzene rings is 1. The molecular weight excluding hydrogens is 464 g/mol. The molecule has 0 spiro atoms. The molecule has 9 heteroatoms. The molecule has 4 heterocycles. The van der Waals surface area contributed by atoms with Gasteiger partial charge in [-0.3, -0.25) is 4.90 Å². The number of anilines is 1. The number of nitrogens with zero attached hydrogens (tertiary/aromatic N) is 5. The highest BCUT2D eigenvalue weighted by atomic mass is 16.2. The predicted molar refractivity (Wildman–Crippen MR) is 146 cm³/mol. The first-order valence-electron chi connectivity index (χ1n) is 13.3. The highest BCUT2D eigenvalue weighted by molar-refractivity contribution is 5.74. The molecule has 3 aliphatic heterocycles. The van der Waals surface area contributed by atoms with Crippen molar-refractivity contribution in [1.29, 1.82) is 0 Å². The number of hydrogen-bond donors (Lipinski definition) is 3. The maximum atomic E-state index is 12.7. The number of rotatable bonds is 5. The normalized spacial score (nSPS) is 22.1. The lowest BCUT2D eigenvalue weighted by Crippen LogP contribution is -2.48. The number of urea groups is 1. The van der Waals surface area contributed by atoms with Gasteiger partial charge < -0.3 is 20.5 Å². The average Bonchev–Trinajstić information content (AvgIpc) is 3.50. The molecule has 1 aromatic carbocycles. The summed E-state index contributed by atoms with van der Waals surface area (Å²) in [6.07, 6.45) is 4.90. The van der Waals surface area contributed by atoms with Gasteiger partial charge in [0, 0.05) is 56.6 Å². The molecule has 3 N–H and O–H groups in total. The van der Waals surface area contributed by atoms with Gasteiger partial charge in [0.05, 0.1) is 5.69 Å². The number of nitrogens with one attached hydrogen (secondary N) is 3. The lowest BCUT2D eigenvalue weighted by atomic mass is 9.80. The van der Waals surface area contributed by atoms with Crippen LogP contribution in [0.4, 0.5) is 10.6 Å². The van der Waals surface area contributed by atoms with E-state index < -0.39 is 0 Å². The summed E-state index contributed by atoms with van der Waals surface area (Å²) in [5, 5.41) is 8.80. The molecule has 1 unspecified atom stereocenters. The fourth-order valence-corrected chi connectivity index (χ4v) is 5.36. The third-order valence-electron chi connectivity index (χ3n) is 7.88. The Balaban J connectivity index is 1.19. The van der Waals surface area contributed by atoms with Crippen molar-refractivity contribution < 1.29 is 4.79 Å². The average molecular weight is 505 g/mol. The summed E-state index contributed by atoms with van der Waals surface area (Å²) in [5.41, 5.74) is 9.15. The van der Waals surface area contributed by atoms with Gasteiger partial charge in [-0.1, -0.05) is 32.9 Å². The van der Waals surface area contributed by atoms with Crippen LogP contribution in [0, 0.1) is 18.3 Å². The van der Waals surface area contributed by atoms with Crippen LogP contribution in [0.1, 0.15) is 38.3 Å². The number of hydrazine groups is 1. The van der Waals surface area contributed by atoms with Gasteiger partial charge in [-0.25, -0.2) is 20.2 Å². The van der Waals surface area contributed by atoms with Gasteiger partial charge in [0.15, 0.2) is 0 Å². The molecule has 0 radical (unpaired) electrons. The zero-order chi connectivity index (χ0) is 26.2. The van der Waals surface area contributed by atoms with E-state index in [9.17, 15) is 4.79 Å². The van der Waals surface area contributed by atoms with Gasteiger partial charge in [0.1, 0.15) is 18.3 Å². The van der Waals surface area contributed by atoms with E-state index in [4.69, 9.17) is 0 Å². The number of carbonyl (C=O) groups is 1.